The molecular weight excluding hydrogens is 358 g/mol. The number of rotatable bonds is 3. The first-order valence-corrected chi connectivity index (χ1v) is 7.74. The fourth-order valence-corrected chi connectivity index (χ4v) is 3.33. The molecule has 0 fully saturated rings. The minimum absolute atomic E-state index is 0.396. The summed E-state index contributed by atoms with van der Waals surface area (Å²) in [5.41, 5.74) is 1.06. The average molecular weight is 379 g/mol. The predicted octanol–water partition coefficient (Wildman–Crippen LogP) is 5.26. The SMILES string of the molecule is COc1c(C(C)N(C(=O)O)C(C)(C)C)cc(Cl)c(C)c1Br. The molecule has 0 saturated heterocycles. The van der Waals surface area contributed by atoms with Gasteiger partial charge in [-0.25, -0.2) is 4.79 Å². The zero-order chi connectivity index (χ0) is 16.5. The van der Waals surface area contributed by atoms with Gasteiger partial charge in [0.15, 0.2) is 0 Å². The molecule has 21 heavy (non-hydrogen) atoms. The van der Waals surface area contributed by atoms with Crippen molar-refractivity contribution in [3.8, 4) is 5.75 Å². The normalized spacial score (nSPS) is 13.0. The molecule has 0 saturated carbocycles. The number of amides is 1. The van der Waals surface area contributed by atoms with Crippen LogP contribution in [0.2, 0.25) is 5.02 Å². The Kier molecular flexibility index (Phi) is 5.56. The Labute approximate surface area is 139 Å². The molecule has 1 aromatic carbocycles. The van der Waals surface area contributed by atoms with Gasteiger partial charge >= 0.3 is 6.09 Å². The summed E-state index contributed by atoms with van der Waals surface area (Å²) in [7, 11) is 1.56. The molecule has 1 aromatic rings. The molecule has 0 aliphatic rings. The molecular formula is C15H21BrClNO3. The molecule has 0 heterocycles. The molecule has 0 bridgehead atoms. The highest BCUT2D eigenvalue weighted by molar-refractivity contribution is 9.10. The van der Waals surface area contributed by atoms with E-state index in [1.54, 1.807) is 13.2 Å². The van der Waals surface area contributed by atoms with E-state index in [0.717, 1.165) is 15.6 Å². The fraction of sp³-hybridized carbons (Fsp3) is 0.533. The first-order chi connectivity index (χ1) is 9.52. The van der Waals surface area contributed by atoms with Gasteiger partial charge in [-0.15, -0.1) is 0 Å². The number of carbonyl (C=O) groups is 1. The van der Waals surface area contributed by atoms with Gasteiger partial charge in [-0.2, -0.15) is 0 Å². The lowest BCUT2D eigenvalue weighted by atomic mass is 9.98. The van der Waals surface area contributed by atoms with Gasteiger partial charge in [-0.05, 0) is 62.2 Å². The highest BCUT2D eigenvalue weighted by atomic mass is 79.9. The van der Waals surface area contributed by atoms with Crippen LogP contribution in [0.25, 0.3) is 0 Å². The summed E-state index contributed by atoms with van der Waals surface area (Å²) in [6.45, 7) is 9.27. The van der Waals surface area contributed by atoms with Crippen LogP contribution in [0.5, 0.6) is 5.75 Å². The Bertz CT molecular complexity index is 555. The minimum atomic E-state index is -0.982. The summed E-state index contributed by atoms with van der Waals surface area (Å²) in [5, 5.41) is 10.1. The van der Waals surface area contributed by atoms with Gasteiger partial charge < -0.3 is 9.84 Å². The van der Waals surface area contributed by atoms with Crippen LogP contribution < -0.4 is 4.74 Å². The maximum absolute atomic E-state index is 11.6. The van der Waals surface area contributed by atoms with Gasteiger partial charge in [-0.1, -0.05) is 11.6 Å². The predicted molar refractivity (Wildman–Crippen MR) is 88.5 cm³/mol. The lowest BCUT2D eigenvalue weighted by Crippen LogP contribution is -2.46. The monoisotopic (exact) mass is 377 g/mol. The summed E-state index contributed by atoms with van der Waals surface area (Å²) in [4.78, 5) is 13.0. The van der Waals surface area contributed by atoms with E-state index in [4.69, 9.17) is 16.3 Å². The van der Waals surface area contributed by atoms with Crippen molar-refractivity contribution in [3.05, 3.63) is 26.7 Å². The molecule has 1 unspecified atom stereocenters. The Balaban J connectivity index is 3.48. The molecule has 0 aliphatic heterocycles. The van der Waals surface area contributed by atoms with E-state index in [-0.39, 0.29) is 0 Å². The van der Waals surface area contributed by atoms with Crippen molar-refractivity contribution >= 4 is 33.6 Å². The molecule has 1 amide bonds. The smallest absolute Gasteiger partial charge is 0.408 e. The lowest BCUT2D eigenvalue weighted by molar-refractivity contribution is 0.0745. The van der Waals surface area contributed by atoms with E-state index in [1.807, 2.05) is 34.6 Å². The number of carboxylic acid groups (broad SMARTS) is 1. The van der Waals surface area contributed by atoms with Crippen molar-refractivity contribution < 1.29 is 14.6 Å². The van der Waals surface area contributed by atoms with E-state index in [0.29, 0.717) is 10.8 Å². The van der Waals surface area contributed by atoms with Crippen molar-refractivity contribution in [2.24, 2.45) is 0 Å². The fourth-order valence-electron chi connectivity index (χ4n) is 2.40. The van der Waals surface area contributed by atoms with E-state index in [9.17, 15) is 9.90 Å². The Hall–Kier alpha value is -0.940. The molecule has 0 radical (unpaired) electrons. The number of nitrogens with zero attached hydrogens (tertiary/aromatic N) is 1. The molecule has 4 nitrogen and oxygen atoms in total. The standard InChI is InChI=1S/C15H21BrClNO3/c1-8-11(17)7-10(13(21-6)12(8)16)9(2)18(14(19)20)15(3,4)5/h7,9H,1-6H3,(H,19,20). The lowest BCUT2D eigenvalue weighted by Gasteiger charge is -2.38. The van der Waals surface area contributed by atoms with Crippen molar-refractivity contribution in [1.82, 2.24) is 4.90 Å². The topological polar surface area (TPSA) is 49.8 Å². The Morgan fingerprint density at radius 2 is 2.00 bits per heavy atom. The van der Waals surface area contributed by atoms with Crippen LogP contribution in [0.3, 0.4) is 0 Å². The summed E-state index contributed by atoms with van der Waals surface area (Å²) in [6.07, 6.45) is -0.982. The summed E-state index contributed by atoms with van der Waals surface area (Å²) < 4.78 is 6.20. The number of halogens is 2. The number of benzene rings is 1. The second-order valence-corrected chi connectivity index (χ2v) is 7.12. The van der Waals surface area contributed by atoms with Crippen LogP contribution in [0.15, 0.2) is 10.5 Å². The summed E-state index contributed by atoms with van der Waals surface area (Å²) >= 11 is 9.71. The number of hydrogen-bond acceptors (Lipinski definition) is 2. The van der Waals surface area contributed by atoms with Crippen LogP contribution in [0, 0.1) is 6.92 Å². The largest absolute Gasteiger partial charge is 0.495 e. The maximum atomic E-state index is 11.6. The molecule has 6 heteroatoms. The summed E-state index contributed by atoms with van der Waals surface area (Å²) in [6, 6.07) is 1.37. The molecule has 118 valence electrons. The van der Waals surface area contributed by atoms with Gasteiger partial charge in [0.1, 0.15) is 5.75 Å². The maximum Gasteiger partial charge on any atom is 0.408 e. The Morgan fingerprint density at radius 1 is 1.48 bits per heavy atom. The Morgan fingerprint density at radius 3 is 2.38 bits per heavy atom. The van der Waals surface area contributed by atoms with Gasteiger partial charge in [0.2, 0.25) is 0 Å². The second-order valence-electron chi connectivity index (χ2n) is 5.92. The third-order valence-electron chi connectivity index (χ3n) is 3.40. The van der Waals surface area contributed by atoms with E-state index < -0.39 is 17.7 Å². The molecule has 0 aromatic heterocycles. The van der Waals surface area contributed by atoms with Crippen molar-refractivity contribution in [2.75, 3.05) is 7.11 Å². The second kappa shape index (κ2) is 6.44. The van der Waals surface area contributed by atoms with Crippen molar-refractivity contribution in [1.29, 1.82) is 0 Å². The molecule has 0 aliphatic carbocycles. The van der Waals surface area contributed by atoms with Crippen LogP contribution in [-0.2, 0) is 0 Å². The number of methoxy groups -OCH3 is 1. The van der Waals surface area contributed by atoms with Crippen molar-refractivity contribution in [3.63, 3.8) is 0 Å². The van der Waals surface area contributed by atoms with Crippen molar-refractivity contribution in [2.45, 2.75) is 46.2 Å². The molecule has 0 spiro atoms. The summed E-state index contributed by atoms with van der Waals surface area (Å²) in [5.74, 6) is 0.611. The molecule has 1 rings (SSSR count). The third-order valence-corrected chi connectivity index (χ3v) is 4.75. The first-order valence-electron chi connectivity index (χ1n) is 6.57. The number of ether oxygens (including phenoxy) is 1. The first kappa shape index (κ1) is 18.1. The molecule has 1 atom stereocenters. The van der Waals surface area contributed by atoms with Gasteiger partial charge in [0.25, 0.3) is 0 Å². The minimum Gasteiger partial charge on any atom is -0.495 e. The van der Waals surface area contributed by atoms with Crippen LogP contribution in [-0.4, -0.2) is 28.7 Å². The van der Waals surface area contributed by atoms with Crippen LogP contribution in [0.1, 0.15) is 44.9 Å². The van der Waals surface area contributed by atoms with Gasteiger partial charge in [0, 0.05) is 16.1 Å². The third kappa shape index (κ3) is 3.64. The zero-order valence-corrected chi connectivity index (χ0v) is 15.5. The molecule has 1 N–H and O–H groups in total. The highest BCUT2D eigenvalue weighted by Crippen LogP contribution is 2.42. The van der Waals surface area contributed by atoms with Gasteiger partial charge in [-0.3, -0.25) is 4.90 Å². The highest BCUT2D eigenvalue weighted by Gasteiger charge is 2.33. The van der Waals surface area contributed by atoms with E-state index in [1.165, 1.54) is 4.90 Å². The van der Waals surface area contributed by atoms with E-state index in [2.05, 4.69) is 15.9 Å². The average Bonchev–Trinajstić information content (AvgIpc) is 2.33. The zero-order valence-electron chi connectivity index (χ0n) is 13.1. The number of hydrogen-bond donors (Lipinski definition) is 1. The van der Waals surface area contributed by atoms with Gasteiger partial charge in [0.05, 0.1) is 17.6 Å². The van der Waals surface area contributed by atoms with Crippen LogP contribution >= 0.6 is 27.5 Å². The van der Waals surface area contributed by atoms with E-state index >= 15 is 0 Å². The van der Waals surface area contributed by atoms with Crippen LogP contribution in [0.4, 0.5) is 4.79 Å². The quantitative estimate of drug-likeness (QED) is 0.780.